The number of urea groups is 1. The molecule has 0 radical (unpaired) electrons. The van der Waals surface area contributed by atoms with Crippen molar-refractivity contribution in [3.63, 3.8) is 0 Å². The molecule has 0 atom stereocenters. The third-order valence-corrected chi connectivity index (χ3v) is 4.97. The molecule has 4 rings (SSSR count). The molecule has 0 saturated carbocycles. The number of hydrogen-bond donors (Lipinski definition) is 2. The van der Waals surface area contributed by atoms with Crippen LogP contribution in [0.4, 0.5) is 16.2 Å². The highest BCUT2D eigenvalue weighted by atomic mass is 16.5. The van der Waals surface area contributed by atoms with Crippen LogP contribution in [0.1, 0.15) is 22.8 Å². The number of aromatic nitrogens is 4. The van der Waals surface area contributed by atoms with Crippen LogP contribution in [-0.4, -0.2) is 25.6 Å². The van der Waals surface area contributed by atoms with E-state index in [2.05, 4.69) is 25.6 Å². The number of ether oxygens (including phenoxy) is 1. The molecule has 0 aliphatic carbocycles. The van der Waals surface area contributed by atoms with Gasteiger partial charge in [-0.2, -0.15) is 4.98 Å². The molecular weight excluding hydrogens is 404 g/mol. The van der Waals surface area contributed by atoms with Crippen molar-refractivity contribution in [1.82, 2.24) is 19.5 Å². The molecule has 2 heterocycles. The fraction of sp³-hybridized carbons (Fsp3) is 0.167. The minimum Gasteiger partial charge on any atom is -0.439 e. The predicted molar refractivity (Wildman–Crippen MR) is 124 cm³/mol. The van der Waals surface area contributed by atoms with Crippen LogP contribution in [0.25, 0.3) is 5.82 Å². The van der Waals surface area contributed by atoms with Gasteiger partial charge in [0.1, 0.15) is 23.2 Å². The molecule has 2 amide bonds. The number of amides is 2. The number of anilines is 2. The molecule has 2 aromatic heterocycles. The first kappa shape index (κ1) is 21.0. The van der Waals surface area contributed by atoms with Crippen molar-refractivity contribution in [2.75, 3.05) is 10.6 Å². The smallest absolute Gasteiger partial charge is 0.323 e. The summed E-state index contributed by atoms with van der Waals surface area (Å²) in [6, 6.07) is 14.3. The van der Waals surface area contributed by atoms with E-state index in [1.807, 2.05) is 56.7 Å². The van der Waals surface area contributed by atoms with Crippen LogP contribution >= 0.6 is 0 Å². The summed E-state index contributed by atoms with van der Waals surface area (Å²) in [5, 5.41) is 5.65. The molecule has 8 nitrogen and oxygen atoms in total. The molecule has 0 bridgehead atoms. The van der Waals surface area contributed by atoms with Crippen LogP contribution in [0.3, 0.4) is 0 Å². The Kier molecular flexibility index (Phi) is 5.85. The lowest BCUT2D eigenvalue weighted by atomic mass is 10.1. The quantitative estimate of drug-likeness (QED) is 0.448. The number of aryl methyl sites for hydroxylation is 4. The Morgan fingerprint density at radius 1 is 0.875 bits per heavy atom. The van der Waals surface area contributed by atoms with Gasteiger partial charge in [-0.05, 0) is 75.2 Å². The average Bonchev–Trinajstić information content (AvgIpc) is 3.18. The third-order valence-electron chi connectivity index (χ3n) is 4.97. The Balaban J connectivity index is 1.42. The van der Waals surface area contributed by atoms with Gasteiger partial charge in [0, 0.05) is 29.8 Å². The zero-order valence-corrected chi connectivity index (χ0v) is 18.4. The molecule has 2 N–H and O–H groups in total. The van der Waals surface area contributed by atoms with E-state index < -0.39 is 0 Å². The third kappa shape index (κ3) is 4.92. The lowest BCUT2D eigenvalue weighted by molar-refractivity contribution is 0.262. The maximum Gasteiger partial charge on any atom is 0.323 e. The molecule has 0 unspecified atom stereocenters. The van der Waals surface area contributed by atoms with Crippen molar-refractivity contribution in [2.45, 2.75) is 27.7 Å². The Hall–Kier alpha value is -4.20. The molecule has 0 spiro atoms. The maximum atomic E-state index is 12.3. The Morgan fingerprint density at radius 3 is 2.28 bits per heavy atom. The van der Waals surface area contributed by atoms with Gasteiger partial charge in [0.05, 0.1) is 0 Å². The lowest BCUT2D eigenvalue weighted by Gasteiger charge is -2.11. The van der Waals surface area contributed by atoms with E-state index in [0.717, 1.165) is 17.1 Å². The van der Waals surface area contributed by atoms with E-state index in [-0.39, 0.29) is 6.03 Å². The topological polar surface area (TPSA) is 94.0 Å². The number of imidazole rings is 1. The maximum absolute atomic E-state index is 12.3. The average molecular weight is 428 g/mol. The Bertz CT molecular complexity index is 1260. The summed E-state index contributed by atoms with van der Waals surface area (Å²) < 4.78 is 7.77. The molecule has 0 aliphatic rings. The van der Waals surface area contributed by atoms with Crippen LogP contribution in [-0.2, 0) is 0 Å². The minimum atomic E-state index is -0.311. The summed E-state index contributed by atoms with van der Waals surface area (Å²) in [5.74, 6) is 3.12. The van der Waals surface area contributed by atoms with Gasteiger partial charge in [0.25, 0.3) is 0 Å². The predicted octanol–water partition coefficient (Wildman–Crippen LogP) is 5.33. The zero-order chi connectivity index (χ0) is 22.7. The van der Waals surface area contributed by atoms with Crippen molar-refractivity contribution in [3.8, 4) is 17.4 Å². The largest absolute Gasteiger partial charge is 0.439 e. The van der Waals surface area contributed by atoms with E-state index in [4.69, 9.17) is 4.74 Å². The van der Waals surface area contributed by atoms with Gasteiger partial charge in [-0.25, -0.2) is 14.8 Å². The summed E-state index contributed by atoms with van der Waals surface area (Å²) in [4.78, 5) is 25.3. The molecule has 2 aromatic carbocycles. The van der Waals surface area contributed by atoms with Crippen LogP contribution in [0.5, 0.6) is 11.6 Å². The number of nitrogens with one attached hydrogen (secondary N) is 2. The van der Waals surface area contributed by atoms with Crippen LogP contribution in [0.2, 0.25) is 0 Å². The van der Waals surface area contributed by atoms with Gasteiger partial charge < -0.3 is 15.4 Å². The van der Waals surface area contributed by atoms with Crippen molar-refractivity contribution in [3.05, 3.63) is 83.7 Å². The van der Waals surface area contributed by atoms with Crippen LogP contribution < -0.4 is 15.4 Å². The van der Waals surface area contributed by atoms with E-state index in [0.29, 0.717) is 29.0 Å². The van der Waals surface area contributed by atoms with Crippen LogP contribution in [0.15, 0.2) is 60.9 Å². The van der Waals surface area contributed by atoms with Gasteiger partial charge in [0.15, 0.2) is 0 Å². The first-order chi connectivity index (χ1) is 15.4. The van der Waals surface area contributed by atoms with Crippen molar-refractivity contribution >= 4 is 17.4 Å². The molecule has 32 heavy (non-hydrogen) atoms. The number of benzene rings is 2. The van der Waals surface area contributed by atoms with Crippen LogP contribution in [0, 0.1) is 27.7 Å². The summed E-state index contributed by atoms with van der Waals surface area (Å²) in [5.41, 5.74) is 3.69. The second kappa shape index (κ2) is 8.89. The monoisotopic (exact) mass is 428 g/mol. The molecule has 8 heteroatoms. The summed E-state index contributed by atoms with van der Waals surface area (Å²) in [7, 11) is 0. The number of nitrogens with zero attached hydrogens (tertiary/aromatic N) is 4. The molecule has 0 fully saturated rings. The second-order valence-electron chi connectivity index (χ2n) is 7.46. The van der Waals surface area contributed by atoms with Crippen molar-refractivity contribution in [1.29, 1.82) is 0 Å². The van der Waals surface area contributed by atoms with Gasteiger partial charge in [0.2, 0.25) is 5.88 Å². The summed E-state index contributed by atoms with van der Waals surface area (Å²) >= 11 is 0. The van der Waals surface area contributed by atoms with E-state index in [1.54, 1.807) is 36.5 Å². The first-order valence-electron chi connectivity index (χ1n) is 10.2. The van der Waals surface area contributed by atoms with E-state index >= 15 is 0 Å². The molecule has 162 valence electrons. The van der Waals surface area contributed by atoms with Crippen molar-refractivity contribution < 1.29 is 9.53 Å². The standard InChI is InChI=1S/C24H24N6O2/c1-15-5-6-20(13-16(15)2)29-24(31)28-19-7-9-21(10-8-19)32-23-14-22(26-17(3)27-23)30-12-11-25-18(30)4/h5-14H,1-4H3,(H2,28,29,31). The number of rotatable bonds is 5. The molecule has 0 saturated heterocycles. The fourth-order valence-electron chi connectivity index (χ4n) is 3.16. The summed E-state index contributed by atoms with van der Waals surface area (Å²) in [6.07, 6.45) is 3.56. The van der Waals surface area contributed by atoms with Gasteiger partial charge in [-0.3, -0.25) is 4.57 Å². The molecule has 0 aliphatic heterocycles. The van der Waals surface area contributed by atoms with Gasteiger partial charge in [-0.1, -0.05) is 6.07 Å². The highest BCUT2D eigenvalue weighted by molar-refractivity contribution is 5.99. The highest BCUT2D eigenvalue weighted by Crippen LogP contribution is 2.24. The fourth-order valence-corrected chi connectivity index (χ4v) is 3.16. The van der Waals surface area contributed by atoms with Gasteiger partial charge in [-0.15, -0.1) is 0 Å². The number of hydrogen-bond acceptors (Lipinski definition) is 5. The zero-order valence-electron chi connectivity index (χ0n) is 18.4. The molecular formula is C24H24N6O2. The lowest BCUT2D eigenvalue weighted by Crippen LogP contribution is -2.19. The minimum absolute atomic E-state index is 0.311. The van der Waals surface area contributed by atoms with E-state index in [9.17, 15) is 4.79 Å². The van der Waals surface area contributed by atoms with Gasteiger partial charge >= 0.3 is 6.03 Å². The normalized spacial score (nSPS) is 10.6. The first-order valence-corrected chi connectivity index (χ1v) is 10.2. The number of carbonyl (C=O) groups excluding carboxylic acids is 1. The van der Waals surface area contributed by atoms with Crippen molar-refractivity contribution in [2.24, 2.45) is 0 Å². The molecule has 4 aromatic rings. The SMILES string of the molecule is Cc1nc(Oc2ccc(NC(=O)Nc3ccc(C)c(C)c3)cc2)cc(-n2ccnc2C)n1. The summed E-state index contributed by atoms with van der Waals surface area (Å²) in [6.45, 7) is 7.75. The second-order valence-corrected chi connectivity index (χ2v) is 7.46. The Morgan fingerprint density at radius 2 is 1.59 bits per heavy atom. The number of carbonyl (C=O) groups is 1. The van der Waals surface area contributed by atoms with E-state index in [1.165, 1.54) is 5.56 Å². The Labute approximate surface area is 186 Å². The highest BCUT2D eigenvalue weighted by Gasteiger charge is 2.09.